The van der Waals surface area contributed by atoms with Gasteiger partial charge in [0, 0.05) is 29.7 Å². The normalized spacial score (nSPS) is 10.6. The van der Waals surface area contributed by atoms with Gasteiger partial charge in [0.2, 0.25) is 11.9 Å². The lowest BCUT2D eigenvalue weighted by Crippen LogP contribution is -2.25. The van der Waals surface area contributed by atoms with E-state index in [1.165, 1.54) is 4.68 Å². The first-order valence-corrected chi connectivity index (χ1v) is 7.48. The molecule has 0 radical (unpaired) electrons. The Morgan fingerprint density at radius 1 is 1.33 bits per heavy atom. The number of aromatic amines is 1. The first kappa shape index (κ1) is 17.4. The number of rotatable bonds is 6. The minimum Gasteiger partial charge on any atom is -0.550 e. The summed E-state index contributed by atoms with van der Waals surface area (Å²) in [5.74, 6) is -1.32. The van der Waals surface area contributed by atoms with Crippen LogP contribution in [0.4, 0.5) is 5.82 Å². The largest absolute Gasteiger partial charge is 0.550 e. The molecule has 0 aliphatic carbocycles. The smallest absolute Gasteiger partial charge is 0.255 e. The quantitative estimate of drug-likeness (QED) is 0.740. The number of aromatic nitrogens is 4. The average Bonchev–Trinajstić information content (AvgIpc) is 2.85. The van der Waals surface area contributed by atoms with Gasteiger partial charge in [0.05, 0.1) is 5.69 Å². The molecule has 2 N–H and O–H groups in total. The molecule has 0 aromatic carbocycles. The van der Waals surface area contributed by atoms with Gasteiger partial charge < -0.3 is 15.2 Å². The van der Waals surface area contributed by atoms with Crippen LogP contribution in [0, 0.1) is 13.8 Å². The number of nitrogens with one attached hydrogen (secondary N) is 2. The third-order valence-corrected chi connectivity index (χ3v) is 3.42. The second-order valence-corrected chi connectivity index (χ2v) is 5.31. The molecule has 0 unspecified atom stereocenters. The first-order chi connectivity index (χ1) is 11.3. The highest BCUT2D eigenvalue weighted by Crippen LogP contribution is 2.15. The third-order valence-electron chi connectivity index (χ3n) is 3.42. The van der Waals surface area contributed by atoms with Crippen molar-refractivity contribution < 1.29 is 14.7 Å². The van der Waals surface area contributed by atoms with Crippen LogP contribution >= 0.6 is 0 Å². The van der Waals surface area contributed by atoms with Gasteiger partial charge >= 0.3 is 0 Å². The van der Waals surface area contributed by atoms with Crippen molar-refractivity contribution in [1.82, 2.24) is 19.7 Å². The fraction of sp³-hybridized carbons (Fsp3) is 0.400. The second-order valence-electron chi connectivity index (χ2n) is 5.31. The maximum absolute atomic E-state index is 12.1. The molecule has 1 amide bonds. The number of aryl methyl sites for hydroxylation is 2. The van der Waals surface area contributed by atoms with E-state index >= 15 is 0 Å². The van der Waals surface area contributed by atoms with E-state index in [1.54, 1.807) is 19.9 Å². The van der Waals surface area contributed by atoms with Crippen LogP contribution in [0.3, 0.4) is 0 Å². The number of anilines is 1. The zero-order chi connectivity index (χ0) is 17.9. The number of amides is 1. The molecular weight excluding hydrogens is 314 g/mol. The van der Waals surface area contributed by atoms with Crippen molar-refractivity contribution in [2.75, 3.05) is 5.32 Å². The summed E-state index contributed by atoms with van der Waals surface area (Å²) >= 11 is 0. The van der Waals surface area contributed by atoms with Crippen LogP contribution in [0.5, 0.6) is 0 Å². The second kappa shape index (κ2) is 7.07. The van der Waals surface area contributed by atoms with Crippen LogP contribution in [0.15, 0.2) is 10.9 Å². The molecule has 9 nitrogen and oxygen atoms in total. The highest BCUT2D eigenvalue weighted by molar-refractivity contribution is 5.91. The number of carboxylic acid groups (broad SMARTS) is 1. The molecule has 128 valence electrons. The van der Waals surface area contributed by atoms with Crippen molar-refractivity contribution in [3.63, 3.8) is 0 Å². The van der Waals surface area contributed by atoms with Crippen molar-refractivity contribution in [1.29, 1.82) is 0 Å². The van der Waals surface area contributed by atoms with Gasteiger partial charge in [0.25, 0.3) is 5.56 Å². The van der Waals surface area contributed by atoms with Crippen LogP contribution in [0.1, 0.15) is 36.7 Å². The average molecular weight is 332 g/mol. The zero-order valence-corrected chi connectivity index (χ0v) is 13.7. The maximum Gasteiger partial charge on any atom is 0.255 e. The highest BCUT2D eigenvalue weighted by atomic mass is 16.4. The van der Waals surface area contributed by atoms with E-state index in [9.17, 15) is 19.5 Å². The van der Waals surface area contributed by atoms with E-state index in [1.807, 2.05) is 6.92 Å². The van der Waals surface area contributed by atoms with Crippen LogP contribution in [0.25, 0.3) is 5.95 Å². The number of hydrogen-bond acceptors (Lipinski definition) is 6. The summed E-state index contributed by atoms with van der Waals surface area (Å²) < 4.78 is 1.31. The standard InChI is InChI=1S/C15H19N5O4/c1-4-10-9(3)16-15(18-14(10)24)20-11(7-8(2)19-20)17-12(21)5-6-13(22)23/h7H,4-6H2,1-3H3,(H,17,21)(H,22,23)(H,16,18,24)/p-1. The lowest BCUT2D eigenvalue weighted by Gasteiger charge is -2.10. The van der Waals surface area contributed by atoms with Crippen LogP contribution in [-0.2, 0) is 16.0 Å². The molecule has 0 spiro atoms. The molecule has 0 fully saturated rings. The molecule has 0 atom stereocenters. The molecule has 0 aliphatic heterocycles. The monoisotopic (exact) mass is 332 g/mol. The van der Waals surface area contributed by atoms with Gasteiger partial charge in [-0.2, -0.15) is 9.78 Å². The van der Waals surface area contributed by atoms with Crippen molar-refractivity contribution in [3.05, 3.63) is 33.4 Å². The fourth-order valence-electron chi connectivity index (χ4n) is 2.28. The fourth-order valence-corrected chi connectivity index (χ4v) is 2.28. The number of carbonyl (C=O) groups excluding carboxylic acids is 2. The lowest BCUT2D eigenvalue weighted by molar-refractivity contribution is -0.305. The predicted octanol–water partition coefficient (Wildman–Crippen LogP) is -0.397. The molecule has 0 aliphatic rings. The van der Waals surface area contributed by atoms with Crippen molar-refractivity contribution in [2.45, 2.75) is 40.0 Å². The number of H-pyrrole nitrogens is 1. The predicted molar refractivity (Wildman–Crippen MR) is 83.7 cm³/mol. The molecule has 2 rings (SSSR count). The van der Waals surface area contributed by atoms with Gasteiger partial charge in [0.15, 0.2) is 0 Å². The van der Waals surface area contributed by atoms with Gasteiger partial charge in [-0.15, -0.1) is 0 Å². The molecule has 2 aromatic rings. The number of aliphatic carboxylic acids is 1. The Labute approximate surface area is 137 Å². The van der Waals surface area contributed by atoms with E-state index in [2.05, 4.69) is 20.4 Å². The summed E-state index contributed by atoms with van der Waals surface area (Å²) in [5.41, 5.74) is 1.51. The lowest BCUT2D eigenvalue weighted by atomic mass is 10.2. The Balaban J connectivity index is 2.34. The Kier molecular flexibility index (Phi) is 5.12. The zero-order valence-electron chi connectivity index (χ0n) is 13.7. The number of carbonyl (C=O) groups is 2. The van der Waals surface area contributed by atoms with Crippen molar-refractivity contribution in [3.8, 4) is 5.95 Å². The molecule has 0 saturated heterocycles. The molecule has 0 saturated carbocycles. The highest BCUT2D eigenvalue weighted by Gasteiger charge is 2.14. The van der Waals surface area contributed by atoms with E-state index in [0.717, 1.165) is 0 Å². The number of hydrogen-bond donors (Lipinski definition) is 2. The molecule has 2 heterocycles. The van der Waals surface area contributed by atoms with Crippen molar-refractivity contribution >= 4 is 17.7 Å². The van der Waals surface area contributed by atoms with Crippen molar-refractivity contribution in [2.24, 2.45) is 0 Å². The summed E-state index contributed by atoms with van der Waals surface area (Å²) in [6.07, 6.45) is -0.0396. The van der Waals surface area contributed by atoms with E-state index in [4.69, 9.17) is 0 Å². The van der Waals surface area contributed by atoms with Gasteiger partial charge in [0.1, 0.15) is 5.82 Å². The molecule has 24 heavy (non-hydrogen) atoms. The number of nitrogens with zero attached hydrogens (tertiary/aromatic N) is 3. The first-order valence-electron chi connectivity index (χ1n) is 7.48. The van der Waals surface area contributed by atoms with Gasteiger partial charge in [-0.05, 0) is 26.7 Å². The molecule has 0 bridgehead atoms. The minimum absolute atomic E-state index is 0.179. The molecular formula is C15H18N5O4-. The third kappa shape index (κ3) is 3.86. The summed E-state index contributed by atoms with van der Waals surface area (Å²) in [7, 11) is 0. The summed E-state index contributed by atoms with van der Waals surface area (Å²) in [6.45, 7) is 5.31. The van der Waals surface area contributed by atoms with Gasteiger partial charge in [-0.25, -0.2) is 4.98 Å². The minimum atomic E-state index is -1.30. The van der Waals surface area contributed by atoms with E-state index in [0.29, 0.717) is 29.2 Å². The number of carboxylic acids is 1. The summed E-state index contributed by atoms with van der Waals surface area (Å²) in [6, 6.07) is 1.60. The Morgan fingerprint density at radius 2 is 2.04 bits per heavy atom. The van der Waals surface area contributed by atoms with E-state index < -0.39 is 11.9 Å². The maximum atomic E-state index is 12.1. The van der Waals surface area contributed by atoms with Gasteiger partial charge in [-0.3, -0.25) is 14.6 Å². The Hall–Kier alpha value is -2.97. The summed E-state index contributed by atoms with van der Waals surface area (Å²) in [4.78, 5) is 41.3. The SMILES string of the molecule is CCc1c(C)nc(-n2nc(C)cc2NC(=O)CCC(=O)[O-])[nH]c1=O. The van der Waals surface area contributed by atoms with Crippen LogP contribution in [0.2, 0.25) is 0 Å². The molecule has 2 aromatic heterocycles. The van der Waals surface area contributed by atoms with Crippen LogP contribution in [-0.4, -0.2) is 31.6 Å². The van der Waals surface area contributed by atoms with E-state index in [-0.39, 0.29) is 24.3 Å². The molecule has 9 heteroatoms. The Morgan fingerprint density at radius 3 is 2.62 bits per heavy atom. The Bertz CT molecular complexity index is 837. The topological polar surface area (TPSA) is 133 Å². The van der Waals surface area contributed by atoms with Gasteiger partial charge in [-0.1, -0.05) is 6.92 Å². The van der Waals surface area contributed by atoms with Crippen LogP contribution < -0.4 is 16.0 Å². The summed E-state index contributed by atoms with van der Waals surface area (Å²) in [5, 5.41) is 17.2.